The quantitative estimate of drug-likeness (QED) is 0.0896. The van der Waals surface area contributed by atoms with Crippen molar-refractivity contribution >= 4 is 53.9 Å². The highest BCUT2D eigenvalue weighted by atomic mass is 15.0. The van der Waals surface area contributed by atoms with Crippen LogP contribution < -0.4 is 0 Å². The molecule has 2 heterocycles. The smallest absolute Gasteiger partial charge is 0.164 e. The Labute approximate surface area is 555 Å². The van der Waals surface area contributed by atoms with Crippen LogP contribution in [0, 0.1) is 0 Å². The maximum atomic E-state index is 5.24. The van der Waals surface area contributed by atoms with Crippen molar-refractivity contribution in [2.75, 3.05) is 0 Å². The fraction of sp³-hybridized carbons (Fsp3) is 0. The molecule has 0 bridgehead atoms. The van der Waals surface area contributed by atoms with E-state index in [1.54, 1.807) is 0 Å². The first-order valence-corrected chi connectivity index (χ1v) is 32.5. The van der Waals surface area contributed by atoms with Gasteiger partial charge in [-0.05, 0) is 145 Å². The van der Waals surface area contributed by atoms with Gasteiger partial charge >= 0.3 is 0 Å². The molecule has 6 nitrogen and oxygen atoms in total. The molecule has 0 aliphatic rings. The van der Waals surface area contributed by atoms with Gasteiger partial charge < -0.3 is 0 Å². The van der Waals surface area contributed by atoms with Crippen LogP contribution in [0.5, 0.6) is 0 Å². The van der Waals surface area contributed by atoms with Gasteiger partial charge in [0.15, 0.2) is 34.9 Å². The normalized spacial score (nSPS) is 11.5. The van der Waals surface area contributed by atoms with E-state index in [0.29, 0.717) is 34.9 Å². The third kappa shape index (κ3) is 9.74. The number of hydrogen-bond donors (Lipinski definition) is 0. The lowest BCUT2D eigenvalue weighted by Crippen LogP contribution is -2.00. The summed E-state index contributed by atoms with van der Waals surface area (Å²) in [6.45, 7) is 0. The largest absolute Gasteiger partial charge is 0.208 e. The van der Waals surface area contributed by atoms with Gasteiger partial charge in [0.25, 0.3) is 0 Å². The van der Waals surface area contributed by atoms with Crippen LogP contribution in [-0.2, 0) is 0 Å². The Morgan fingerprint density at radius 1 is 0.135 bits per heavy atom. The Morgan fingerprint density at radius 2 is 0.354 bits per heavy atom. The van der Waals surface area contributed by atoms with Crippen molar-refractivity contribution in [3.63, 3.8) is 0 Å². The molecule has 18 rings (SSSR count). The van der Waals surface area contributed by atoms with E-state index in [9.17, 15) is 0 Å². The number of fused-ring (bicyclic) bond motifs is 6. The summed E-state index contributed by atoms with van der Waals surface area (Å²) >= 11 is 0. The van der Waals surface area contributed by atoms with Gasteiger partial charge in [-0.2, -0.15) is 0 Å². The van der Waals surface area contributed by atoms with Gasteiger partial charge in [0.05, 0.1) is 0 Å². The van der Waals surface area contributed by atoms with Crippen LogP contribution in [0.25, 0.3) is 189 Å². The first-order valence-electron chi connectivity index (χ1n) is 32.5. The molecule has 96 heavy (non-hydrogen) atoms. The molecule has 0 aliphatic carbocycles. The van der Waals surface area contributed by atoms with E-state index < -0.39 is 0 Å². The summed E-state index contributed by atoms with van der Waals surface area (Å²) in [6.07, 6.45) is 0. The monoisotopic (exact) mass is 1220 g/mol. The summed E-state index contributed by atoms with van der Waals surface area (Å²) in [6, 6.07) is 121. The topological polar surface area (TPSA) is 77.3 Å². The second kappa shape index (κ2) is 23.7. The molecule has 16 aromatic carbocycles. The molecule has 0 spiro atoms. The standard InChI is InChI=1S/C90H56N6/c1-9-29-57(30-10-1)73-55-75(65-45-25-47-67(53-65)89-93-85(61-37-17-5-18-38-61)91-86(94-89)62-39-19-6-20-40-62)77(59-33-13-3-14-34-59)83-71-51-28-50-70-80(71)79-69(81(73)83)49-27-52-72(79)84-78(60-35-15-4-16-36-60)76(56-74(82(70)84)58-31-11-2-12-32-58)66-46-26-48-68(54-66)90-95-87(63-41-21-7-22-42-63)92-88(96-90)64-43-23-8-24-44-64/h1-56H. The highest BCUT2D eigenvalue weighted by Gasteiger charge is 2.28. The highest BCUT2D eigenvalue weighted by Crippen LogP contribution is 2.56. The van der Waals surface area contributed by atoms with E-state index in [4.69, 9.17) is 29.9 Å². The average Bonchev–Trinajstić information content (AvgIpc) is 0.682. The Bertz CT molecular complexity index is 5470. The summed E-state index contributed by atoms with van der Waals surface area (Å²) in [5, 5.41) is 11.9. The lowest BCUT2D eigenvalue weighted by atomic mass is 9.77. The van der Waals surface area contributed by atoms with E-state index in [2.05, 4.69) is 267 Å². The molecule has 0 saturated heterocycles. The van der Waals surface area contributed by atoms with Crippen molar-refractivity contribution in [1.82, 2.24) is 29.9 Å². The minimum atomic E-state index is 0.599. The van der Waals surface area contributed by atoms with Crippen molar-refractivity contribution in [3.8, 4) is 135 Å². The Balaban J connectivity index is 0.940. The Morgan fingerprint density at radius 3 is 0.646 bits per heavy atom. The molecule has 0 unspecified atom stereocenters. The number of nitrogens with zero attached hydrogens (tertiary/aromatic N) is 6. The molecule has 0 saturated carbocycles. The molecular formula is C90H56N6. The third-order valence-electron chi connectivity index (χ3n) is 18.7. The lowest BCUT2D eigenvalue weighted by Gasteiger charge is -2.26. The van der Waals surface area contributed by atoms with E-state index >= 15 is 0 Å². The second-order valence-electron chi connectivity index (χ2n) is 24.4. The number of aromatic nitrogens is 6. The second-order valence-corrected chi connectivity index (χ2v) is 24.4. The van der Waals surface area contributed by atoms with E-state index in [-0.39, 0.29) is 0 Å². The minimum absolute atomic E-state index is 0.599. The van der Waals surface area contributed by atoms with Gasteiger partial charge in [-0.1, -0.05) is 315 Å². The van der Waals surface area contributed by atoms with Crippen LogP contribution in [0.2, 0.25) is 0 Å². The first kappa shape index (κ1) is 55.9. The predicted molar refractivity (Wildman–Crippen MR) is 397 cm³/mol. The molecule has 18 aromatic rings. The van der Waals surface area contributed by atoms with Crippen LogP contribution >= 0.6 is 0 Å². The fourth-order valence-corrected chi connectivity index (χ4v) is 14.4. The summed E-state index contributed by atoms with van der Waals surface area (Å²) in [5.41, 5.74) is 18.8. The molecular weight excluding hydrogens is 1170 g/mol. The third-order valence-corrected chi connectivity index (χ3v) is 18.7. The summed E-state index contributed by atoms with van der Waals surface area (Å²) in [7, 11) is 0. The van der Waals surface area contributed by atoms with Crippen molar-refractivity contribution in [3.05, 3.63) is 340 Å². The van der Waals surface area contributed by atoms with Crippen LogP contribution in [0.4, 0.5) is 0 Å². The zero-order valence-corrected chi connectivity index (χ0v) is 52.0. The van der Waals surface area contributed by atoms with Gasteiger partial charge in [-0.3, -0.25) is 0 Å². The molecule has 0 atom stereocenters. The van der Waals surface area contributed by atoms with E-state index in [1.807, 2.05) is 72.8 Å². The zero-order chi connectivity index (χ0) is 63.5. The molecule has 0 fully saturated rings. The lowest BCUT2D eigenvalue weighted by molar-refractivity contribution is 1.07. The summed E-state index contributed by atoms with van der Waals surface area (Å²) in [5.74, 6) is 3.67. The van der Waals surface area contributed by atoms with Gasteiger partial charge in [-0.15, -0.1) is 0 Å². The zero-order valence-electron chi connectivity index (χ0n) is 52.0. The summed E-state index contributed by atoms with van der Waals surface area (Å²) < 4.78 is 0. The Hall–Kier alpha value is -12.9. The van der Waals surface area contributed by atoms with E-state index in [1.165, 1.54) is 53.9 Å². The van der Waals surface area contributed by atoms with Crippen LogP contribution in [0.1, 0.15) is 0 Å². The fourth-order valence-electron chi connectivity index (χ4n) is 14.4. The van der Waals surface area contributed by atoms with Crippen molar-refractivity contribution < 1.29 is 0 Å². The maximum Gasteiger partial charge on any atom is 0.164 e. The maximum absolute atomic E-state index is 5.24. The number of benzene rings is 16. The molecule has 0 amide bonds. The van der Waals surface area contributed by atoms with Crippen LogP contribution in [0.3, 0.4) is 0 Å². The van der Waals surface area contributed by atoms with Gasteiger partial charge in [0, 0.05) is 33.4 Å². The molecule has 0 N–H and O–H groups in total. The van der Waals surface area contributed by atoms with Crippen molar-refractivity contribution in [2.24, 2.45) is 0 Å². The van der Waals surface area contributed by atoms with Crippen molar-refractivity contribution in [1.29, 1.82) is 0 Å². The van der Waals surface area contributed by atoms with Crippen LogP contribution in [-0.4, -0.2) is 29.9 Å². The van der Waals surface area contributed by atoms with Crippen LogP contribution in [0.15, 0.2) is 340 Å². The predicted octanol–water partition coefficient (Wildman–Crippen LogP) is 23.3. The highest BCUT2D eigenvalue weighted by molar-refractivity contribution is 6.45. The minimum Gasteiger partial charge on any atom is -0.208 e. The number of hydrogen-bond acceptors (Lipinski definition) is 6. The number of rotatable bonds is 12. The average molecular weight is 1220 g/mol. The van der Waals surface area contributed by atoms with Gasteiger partial charge in [-0.25, -0.2) is 29.9 Å². The molecule has 0 aliphatic heterocycles. The SMILES string of the molecule is c1ccc(-c2nc(-c3ccccc3)nc(-c3cccc(-c4cc(-c5ccccc5)c5c6cccc7c8c(-c9ccccc9)c(-c9cccc(-c%10nc(-c%11ccccc%11)nc(-c%11ccccc%11)n%10)c9)cc(-c9ccccc9)c8c8cccc(c5c4-c4ccccc4)c8c67)c3)n2)cc1. The van der Waals surface area contributed by atoms with Crippen molar-refractivity contribution in [2.45, 2.75) is 0 Å². The van der Waals surface area contributed by atoms with Gasteiger partial charge in [0.2, 0.25) is 0 Å². The van der Waals surface area contributed by atoms with E-state index in [0.717, 1.165) is 100 Å². The summed E-state index contributed by atoms with van der Waals surface area (Å²) in [4.78, 5) is 31.1. The molecule has 0 radical (unpaired) electrons. The van der Waals surface area contributed by atoms with Gasteiger partial charge in [0.1, 0.15) is 0 Å². The molecule has 2 aromatic heterocycles. The molecule has 6 heteroatoms. The first-order chi connectivity index (χ1) is 47.6. The Kier molecular flexibility index (Phi) is 13.8. The molecule has 446 valence electrons.